The van der Waals surface area contributed by atoms with Crippen molar-refractivity contribution in [2.75, 3.05) is 13.7 Å². The molecule has 0 spiro atoms. The van der Waals surface area contributed by atoms with Gasteiger partial charge in [-0.25, -0.2) is 24.4 Å². The third-order valence-electron chi connectivity index (χ3n) is 5.17. The number of amides is 3. The fourth-order valence-electron chi connectivity index (χ4n) is 3.70. The van der Waals surface area contributed by atoms with Gasteiger partial charge in [-0.05, 0) is 66.4 Å². The number of hydrogen-bond donors (Lipinski definition) is 3. The van der Waals surface area contributed by atoms with E-state index in [9.17, 15) is 14.4 Å². The van der Waals surface area contributed by atoms with Gasteiger partial charge in [0, 0.05) is 6.92 Å². The summed E-state index contributed by atoms with van der Waals surface area (Å²) in [6, 6.07) is -1.35. The SMILES string of the molecule is CCC(CC)O[C@@H]1CC(COOC)=C[C@H](N=C(NC(=O)OC(C)(C)C)NC(=O)OC(C)(C)C)[C@H]1NC(C)=O. The number of alkyl carbamates (subject to hydrolysis) is 2. The van der Waals surface area contributed by atoms with Gasteiger partial charge in [0.05, 0.1) is 31.4 Å². The summed E-state index contributed by atoms with van der Waals surface area (Å²) in [5.41, 5.74) is -0.764. The Labute approximate surface area is 226 Å². The van der Waals surface area contributed by atoms with Crippen LogP contribution in [-0.4, -0.2) is 73.3 Å². The number of nitrogens with one attached hydrogen (secondary N) is 3. The van der Waals surface area contributed by atoms with Crippen molar-refractivity contribution in [2.45, 2.75) is 117 Å². The van der Waals surface area contributed by atoms with Crippen LogP contribution in [0.25, 0.3) is 0 Å². The number of guanidine groups is 1. The molecule has 0 saturated carbocycles. The maximum absolute atomic E-state index is 12.6. The Balaban J connectivity index is 3.50. The highest BCUT2D eigenvalue weighted by Crippen LogP contribution is 2.27. The van der Waals surface area contributed by atoms with Crippen LogP contribution in [0.4, 0.5) is 9.59 Å². The van der Waals surface area contributed by atoms with Gasteiger partial charge in [-0.15, -0.1) is 0 Å². The summed E-state index contributed by atoms with van der Waals surface area (Å²) in [4.78, 5) is 51.9. The average molecular weight is 543 g/mol. The van der Waals surface area contributed by atoms with Crippen molar-refractivity contribution in [3.63, 3.8) is 0 Å². The summed E-state index contributed by atoms with van der Waals surface area (Å²) in [6.45, 7) is 15.9. The van der Waals surface area contributed by atoms with E-state index in [1.54, 1.807) is 47.6 Å². The Morgan fingerprint density at radius 2 is 1.53 bits per heavy atom. The molecule has 1 rings (SSSR count). The largest absolute Gasteiger partial charge is 0.444 e. The van der Waals surface area contributed by atoms with Crippen molar-refractivity contribution in [2.24, 2.45) is 4.99 Å². The fraction of sp³-hybridized carbons (Fsp3) is 0.769. The number of rotatable bonds is 9. The molecular formula is C26H46N4O8. The van der Waals surface area contributed by atoms with E-state index in [4.69, 9.17) is 24.0 Å². The molecule has 1 aliphatic carbocycles. The molecule has 0 fully saturated rings. The Kier molecular flexibility index (Phi) is 13.2. The van der Waals surface area contributed by atoms with Gasteiger partial charge >= 0.3 is 12.2 Å². The number of hydrogen-bond acceptors (Lipinski definition) is 9. The first kappa shape index (κ1) is 33.3. The summed E-state index contributed by atoms with van der Waals surface area (Å²) in [5.74, 6) is -0.486. The van der Waals surface area contributed by atoms with Crippen LogP contribution in [0.1, 0.15) is 81.6 Å². The third-order valence-corrected chi connectivity index (χ3v) is 5.17. The number of ether oxygens (including phenoxy) is 3. The van der Waals surface area contributed by atoms with Crippen LogP contribution in [-0.2, 0) is 28.8 Å². The van der Waals surface area contributed by atoms with Crippen molar-refractivity contribution in [3.05, 3.63) is 11.6 Å². The van der Waals surface area contributed by atoms with Gasteiger partial charge in [0.25, 0.3) is 0 Å². The molecule has 3 atom stereocenters. The van der Waals surface area contributed by atoms with Crippen LogP contribution in [0, 0.1) is 0 Å². The lowest BCUT2D eigenvalue weighted by molar-refractivity contribution is -0.266. The molecule has 0 bridgehead atoms. The van der Waals surface area contributed by atoms with Gasteiger partial charge in [-0.1, -0.05) is 19.9 Å². The zero-order valence-corrected chi connectivity index (χ0v) is 24.4. The molecule has 3 N–H and O–H groups in total. The quantitative estimate of drug-likeness (QED) is 0.131. The van der Waals surface area contributed by atoms with Crippen molar-refractivity contribution in [3.8, 4) is 0 Å². The zero-order chi connectivity index (χ0) is 29.1. The van der Waals surface area contributed by atoms with Crippen LogP contribution in [0.15, 0.2) is 16.6 Å². The summed E-state index contributed by atoms with van der Waals surface area (Å²) in [6.07, 6.45) is 1.68. The molecule has 0 aromatic heterocycles. The topological polar surface area (TPSA) is 146 Å². The summed E-state index contributed by atoms with van der Waals surface area (Å²) in [5, 5.41) is 7.90. The van der Waals surface area contributed by atoms with Crippen LogP contribution in [0.3, 0.4) is 0 Å². The van der Waals surface area contributed by atoms with Gasteiger partial charge in [0.15, 0.2) is 0 Å². The molecule has 0 unspecified atom stereocenters. The lowest BCUT2D eigenvalue weighted by atomic mass is 9.88. The first-order valence-electron chi connectivity index (χ1n) is 12.9. The molecule has 12 heteroatoms. The summed E-state index contributed by atoms with van der Waals surface area (Å²) in [7, 11) is 1.41. The highest BCUT2D eigenvalue weighted by molar-refractivity contribution is 6.01. The maximum Gasteiger partial charge on any atom is 0.414 e. The van der Waals surface area contributed by atoms with E-state index in [2.05, 4.69) is 20.9 Å². The second-order valence-electron chi connectivity index (χ2n) is 11.0. The Hall–Kier alpha value is -2.70. The first-order valence-corrected chi connectivity index (χ1v) is 12.9. The van der Waals surface area contributed by atoms with Gasteiger partial charge in [0.2, 0.25) is 11.9 Å². The molecule has 0 radical (unpaired) electrons. The van der Waals surface area contributed by atoms with Crippen LogP contribution in [0.5, 0.6) is 0 Å². The minimum atomic E-state index is -0.823. The summed E-state index contributed by atoms with van der Waals surface area (Å²) < 4.78 is 17.1. The van der Waals surface area contributed by atoms with E-state index < -0.39 is 41.6 Å². The minimum absolute atomic E-state index is 0.0390. The third kappa shape index (κ3) is 13.2. The summed E-state index contributed by atoms with van der Waals surface area (Å²) >= 11 is 0. The molecule has 38 heavy (non-hydrogen) atoms. The molecule has 0 aliphatic heterocycles. The second-order valence-corrected chi connectivity index (χ2v) is 11.0. The van der Waals surface area contributed by atoms with Crippen molar-refractivity contribution >= 4 is 24.1 Å². The van der Waals surface area contributed by atoms with Gasteiger partial charge in [-0.2, -0.15) is 0 Å². The van der Waals surface area contributed by atoms with Gasteiger partial charge in [0.1, 0.15) is 17.8 Å². The van der Waals surface area contributed by atoms with E-state index in [-0.39, 0.29) is 24.6 Å². The van der Waals surface area contributed by atoms with Gasteiger partial charge < -0.3 is 19.5 Å². The Bertz CT molecular complexity index is 824. The van der Waals surface area contributed by atoms with E-state index in [1.807, 2.05) is 13.8 Å². The zero-order valence-electron chi connectivity index (χ0n) is 24.4. The molecular weight excluding hydrogens is 496 g/mol. The van der Waals surface area contributed by atoms with Crippen molar-refractivity contribution < 1.29 is 38.4 Å². The smallest absolute Gasteiger partial charge is 0.414 e. The lowest BCUT2D eigenvalue weighted by Crippen LogP contribution is -2.55. The highest BCUT2D eigenvalue weighted by Gasteiger charge is 2.37. The first-order chi connectivity index (χ1) is 17.6. The molecule has 12 nitrogen and oxygen atoms in total. The lowest BCUT2D eigenvalue weighted by Gasteiger charge is -2.37. The normalized spacial score (nSPS) is 19.8. The van der Waals surface area contributed by atoms with Crippen molar-refractivity contribution in [1.29, 1.82) is 0 Å². The predicted molar refractivity (Wildman–Crippen MR) is 142 cm³/mol. The van der Waals surface area contributed by atoms with Crippen LogP contribution < -0.4 is 16.0 Å². The van der Waals surface area contributed by atoms with E-state index in [0.29, 0.717) is 6.42 Å². The van der Waals surface area contributed by atoms with Crippen LogP contribution >= 0.6 is 0 Å². The molecule has 0 aromatic carbocycles. The van der Waals surface area contributed by atoms with E-state index in [0.717, 1.165) is 18.4 Å². The van der Waals surface area contributed by atoms with Gasteiger partial charge in [-0.3, -0.25) is 15.4 Å². The molecule has 0 aromatic rings. The molecule has 218 valence electrons. The Morgan fingerprint density at radius 3 is 1.95 bits per heavy atom. The van der Waals surface area contributed by atoms with E-state index >= 15 is 0 Å². The average Bonchev–Trinajstić information content (AvgIpc) is 2.74. The molecule has 0 heterocycles. The van der Waals surface area contributed by atoms with E-state index in [1.165, 1.54) is 14.0 Å². The number of aliphatic imine (C=N–C) groups is 1. The number of carbonyl (C=O) groups excluding carboxylic acids is 3. The monoisotopic (exact) mass is 542 g/mol. The Morgan fingerprint density at radius 1 is 1.00 bits per heavy atom. The molecule has 3 amide bonds. The maximum atomic E-state index is 12.6. The molecule has 0 saturated heterocycles. The number of nitrogens with zero attached hydrogens (tertiary/aromatic N) is 1. The molecule has 1 aliphatic rings. The fourth-order valence-corrected chi connectivity index (χ4v) is 3.70. The minimum Gasteiger partial charge on any atom is -0.444 e. The standard InChI is InChI=1S/C26H46N4O8/c1-11-18(12-2)36-20-14-17(15-35-34-10)13-19(21(20)27-16(3)31)28-22(29-23(32)37-25(4,5)6)30-24(33)38-26(7,8)9/h13,18-21H,11-12,14-15H2,1-10H3,(H,27,31)(H2,28,29,30,32,33)/t19-,20+,21+/m0/s1. The highest BCUT2D eigenvalue weighted by atomic mass is 17.2. The van der Waals surface area contributed by atoms with Crippen LogP contribution in [0.2, 0.25) is 0 Å². The van der Waals surface area contributed by atoms with Crippen molar-refractivity contribution in [1.82, 2.24) is 16.0 Å². The second kappa shape index (κ2) is 15.0. The predicted octanol–water partition coefficient (Wildman–Crippen LogP) is 3.75. The number of carbonyl (C=O) groups is 3.